The van der Waals surface area contributed by atoms with Crippen molar-refractivity contribution in [3.05, 3.63) is 69.9 Å². The predicted octanol–water partition coefficient (Wildman–Crippen LogP) is 3.66. The molecule has 7 heteroatoms. The molecule has 0 bridgehead atoms. The van der Waals surface area contributed by atoms with Gasteiger partial charge in [0.25, 0.3) is 5.91 Å². The van der Waals surface area contributed by atoms with Crippen LogP contribution in [0.4, 0.5) is 0 Å². The number of carbonyl (C=O) groups excluding carboxylic acids is 3. The van der Waals surface area contributed by atoms with Gasteiger partial charge < -0.3 is 14.5 Å². The Balaban J connectivity index is 1.53. The molecule has 6 nitrogen and oxygen atoms in total. The highest BCUT2D eigenvalue weighted by Gasteiger charge is 2.19. The van der Waals surface area contributed by atoms with Crippen molar-refractivity contribution in [1.29, 1.82) is 0 Å². The molecule has 0 aliphatic heterocycles. The lowest BCUT2D eigenvalue weighted by molar-refractivity contribution is -0.141. The number of aryl methyl sites for hydroxylation is 1. The van der Waals surface area contributed by atoms with Crippen LogP contribution in [-0.4, -0.2) is 30.8 Å². The highest BCUT2D eigenvalue weighted by Crippen LogP contribution is 2.25. The van der Waals surface area contributed by atoms with Crippen molar-refractivity contribution in [2.24, 2.45) is 0 Å². The molecule has 0 unspecified atom stereocenters. The second kappa shape index (κ2) is 8.18. The van der Waals surface area contributed by atoms with E-state index in [-0.39, 0.29) is 12.3 Å². The molecule has 27 heavy (non-hydrogen) atoms. The number of hydrogen-bond donors (Lipinski definition) is 1. The lowest BCUT2D eigenvalue weighted by Gasteiger charge is -2.06. The van der Waals surface area contributed by atoms with Crippen LogP contribution in [0.3, 0.4) is 0 Å². The maximum absolute atomic E-state index is 12.3. The average molecular weight is 430 g/mol. The van der Waals surface area contributed by atoms with E-state index in [0.717, 1.165) is 9.86 Å². The van der Waals surface area contributed by atoms with Crippen molar-refractivity contribution >= 4 is 44.6 Å². The fraction of sp³-hybridized carbons (Fsp3) is 0.150. The van der Waals surface area contributed by atoms with E-state index in [0.29, 0.717) is 16.7 Å². The molecule has 1 heterocycles. The Hall–Kier alpha value is -2.93. The zero-order valence-electron chi connectivity index (χ0n) is 14.5. The van der Waals surface area contributed by atoms with Crippen molar-refractivity contribution in [1.82, 2.24) is 5.32 Å². The molecule has 3 aromatic rings. The summed E-state index contributed by atoms with van der Waals surface area (Å²) < 4.78 is 11.2. The molecule has 0 aliphatic rings. The predicted molar refractivity (Wildman–Crippen MR) is 103 cm³/mol. The number of benzene rings is 2. The maximum atomic E-state index is 12.3. The third-order valence-electron chi connectivity index (χ3n) is 3.94. The van der Waals surface area contributed by atoms with E-state index in [9.17, 15) is 14.4 Å². The van der Waals surface area contributed by atoms with Gasteiger partial charge in [-0.15, -0.1) is 0 Å². The third-order valence-corrected chi connectivity index (χ3v) is 4.43. The molecular formula is C20H16BrNO5. The van der Waals surface area contributed by atoms with Crippen LogP contribution in [0.25, 0.3) is 11.0 Å². The number of furan rings is 1. The summed E-state index contributed by atoms with van der Waals surface area (Å²) in [6.07, 6.45) is 0. The quantitative estimate of drug-likeness (QED) is 0.477. The van der Waals surface area contributed by atoms with E-state index >= 15 is 0 Å². The zero-order valence-corrected chi connectivity index (χ0v) is 16.0. The van der Waals surface area contributed by atoms with Crippen molar-refractivity contribution in [3.8, 4) is 0 Å². The first kappa shape index (κ1) is 18.8. The number of fused-ring (bicyclic) bond motifs is 1. The Morgan fingerprint density at radius 1 is 1.11 bits per heavy atom. The standard InChI is InChI=1S/C20H16BrNO5/c1-12-15-7-2-3-8-17(15)27-19(12)16(23)11-26-18(24)10-22-20(25)13-5-4-6-14(21)9-13/h2-9H,10-11H2,1H3,(H,22,25). The molecule has 138 valence electrons. The number of rotatable bonds is 6. The molecule has 0 fully saturated rings. The molecule has 0 aliphatic carbocycles. The van der Waals surface area contributed by atoms with Crippen LogP contribution in [0, 0.1) is 6.92 Å². The van der Waals surface area contributed by atoms with Crippen LogP contribution >= 0.6 is 15.9 Å². The van der Waals surface area contributed by atoms with Crippen LogP contribution < -0.4 is 5.32 Å². The molecule has 2 aromatic carbocycles. The molecule has 0 saturated carbocycles. The number of Topliss-reactive ketones (excluding diaryl/α,β-unsaturated/α-hetero) is 1. The number of esters is 1. The zero-order chi connectivity index (χ0) is 19.4. The van der Waals surface area contributed by atoms with Crippen molar-refractivity contribution in [2.75, 3.05) is 13.2 Å². The number of amides is 1. The van der Waals surface area contributed by atoms with E-state index < -0.39 is 24.3 Å². The van der Waals surface area contributed by atoms with Crippen LogP contribution in [-0.2, 0) is 9.53 Å². The second-order valence-corrected chi connectivity index (χ2v) is 6.74. The normalized spacial score (nSPS) is 10.6. The number of halogens is 1. The molecule has 0 spiro atoms. The Bertz CT molecular complexity index is 1020. The largest absolute Gasteiger partial charge is 0.456 e. The first-order valence-corrected chi connectivity index (χ1v) is 8.95. The van der Waals surface area contributed by atoms with E-state index in [4.69, 9.17) is 9.15 Å². The molecule has 0 radical (unpaired) electrons. The summed E-state index contributed by atoms with van der Waals surface area (Å²) >= 11 is 3.27. The Morgan fingerprint density at radius 2 is 1.89 bits per heavy atom. The first-order valence-electron chi connectivity index (χ1n) is 8.16. The summed E-state index contributed by atoms with van der Waals surface area (Å²) in [4.78, 5) is 36.1. The SMILES string of the molecule is Cc1c(C(=O)COC(=O)CNC(=O)c2cccc(Br)c2)oc2ccccc12. The van der Waals surface area contributed by atoms with Gasteiger partial charge in [0.05, 0.1) is 0 Å². The number of ether oxygens (including phenoxy) is 1. The van der Waals surface area contributed by atoms with Gasteiger partial charge in [0, 0.05) is 21.0 Å². The van der Waals surface area contributed by atoms with Gasteiger partial charge in [0.15, 0.2) is 12.4 Å². The van der Waals surface area contributed by atoms with Crippen molar-refractivity contribution < 1.29 is 23.5 Å². The van der Waals surface area contributed by atoms with E-state index in [2.05, 4.69) is 21.2 Å². The van der Waals surface area contributed by atoms with Crippen LogP contribution in [0.2, 0.25) is 0 Å². The van der Waals surface area contributed by atoms with Gasteiger partial charge in [-0.25, -0.2) is 0 Å². The molecule has 1 aromatic heterocycles. The summed E-state index contributed by atoms with van der Waals surface area (Å²) in [5.41, 5.74) is 1.71. The third kappa shape index (κ3) is 4.43. The van der Waals surface area contributed by atoms with Crippen LogP contribution in [0.15, 0.2) is 57.4 Å². The minimum absolute atomic E-state index is 0.169. The lowest BCUT2D eigenvalue weighted by Crippen LogP contribution is -2.31. The summed E-state index contributed by atoms with van der Waals surface area (Å²) in [7, 11) is 0. The van der Waals surface area contributed by atoms with Gasteiger partial charge in [-0.3, -0.25) is 14.4 Å². The minimum atomic E-state index is -0.708. The van der Waals surface area contributed by atoms with Crippen molar-refractivity contribution in [2.45, 2.75) is 6.92 Å². The van der Waals surface area contributed by atoms with Gasteiger partial charge in [-0.2, -0.15) is 0 Å². The average Bonchev–Trinajstić information content (AvgIpc) is 3.01. The topological polar surface area (TPSA) is 85.6 Å². The van der Waals surface area contributed by atoms with Crippen LogP contribution in [0.5, 0.6) is 0 Å². The molecule has 3 rings (SSSR count). The molecule has 1 amide bonds. The van der Waals surface area contributed by atoms with Gasteiger partial charge >= 0.3 is 5.97 Å². The fourth-order valence-corrected chi connectivity index (χ4v) is 2.99. The monoisotopic (exact) mass is 429 g/mol. The smallest absolute Gasteiger partial charge is 0.325 e. The minimum Gasteiger partial charge on any atom is -0.456 e. The molecular weight excluding hydrogens is 414 g/mol. The maximum Gasteiger partial charge on any atom is 0.325 e. The molecule has 0 saturated heterocycles. The number of carbonyl (C=O) groups is 3. The number of para-hydroxylation sites is 1. The Kier molecular flexibility index (Phi) is 5.71. The van der Waals surface area contributed by atoms with Crippen molar-refractivity contribution in [3.63, 3.8) is 0 Å². The molecule has 1 N–H and O–H groups in total. The summed E-state index contributed by atoms with van der Waals surface area (Å²) in [5.74, 6) is -1.38. The fourth-order valence-electron chi connectivity index (χ4n) is 2.59. The first-order chi connectivity index (χ1) is 13.0. The lowest BCUT2D eigenvalue weighted by atomic mass is 10.1. The van der Waals surface area contributed by atoms with E-state index in [1.54, 1.807) is 37.3 Å². The number of nitrogens with one attached hydrogen (secondary N) is 1. The van der Waals surface area contributed by atoms with Gasteiger partial charge in [-0.1, -0.05) is 40.2 Å². The molecule has 0 atom stereocenters. The van der Waals surface area contributed by atoms with Gasteiger partial charge in [0.1, 0.15) is 12.1 Å². The van der Waals surface area contributed by atoms with Gasteiger partial charge in [0.2, 0.25) is 5.78 Å². The van der Waals surface area contributed by atoms with Crippen LogP contribution in [0.1, 0.15) is 26.5 Å². The second-order valence-electron chi connectivity index (χ2n) is 5.83. The highest BCUT2D eigenvalue weighted by atomic mass is 79.9. The Morgan fingerprint density at radius 3 is 2.63 bits per heavy atom. The van der Waals surface area contributed by atoms with E-state index in [1.807, 2.05) is 18.2 Å². The van der Waals surface area contributed by atoms with Gasteiger partial charge in [-0.05, 0) is 31.2 Å². The number of ketones is 1. The summed E-state index contributed by atoms with van der Waals surface area (Å²) in [6, 6.07) is 14.0. The number of hydrogen-bond acceptors (Lipinski definition) is 5. The summed E-state index contributed by atoms with van der Waals surface area (Å²) in [6.45, 7) is 0.989. The highest BCUT2D eigenvalue weighted by molar-refractivity contribution is 9.10. The Labute approximate surface area is 163 Å². The summed E-state index contributed by atoms with van der Waals surface area (Å²) in [5, 5.41) is 3.29. The van der Waals surface area contributed by atoms with E-state index in [1.165, 1.54) is 0 Å².